The lowest BCUT2D eigenvalue weighted by molar-refractivity contribution is 0.0945. The van der Waals surface area contributed by atoms with Crippen LogP contribution in [0, 0.1) is 5.82 Å². The van der Waals surface area contributed by atoms with Crippen molar-refractivity contribution in [1.82, 2.24) is 10.2 Å². The SMILES string of the molecule is CCN(CC)CCNC(=O)c1ccc(NC(=O)c2ccc(F)cc2)cc1OC. The van der Waals surface area contributed by atoms with Crippen molar-refractivity contribution in [2.75, 3.05) is 38.6 Å². The fraction of sp³-hybridized carbons (Fsp3) is 0.333. The van der Waals surface area contributed by atoms with Crippen LogP contribution >= 0.6 is 0 Å². The number of halogens is 1. The molecule has 0 fully saturated rings. The first-order chi connectivity index (χ1) is 13.5. The summed E-state index contributed by atoms with van der Waals surface area (Å²) in [7, 11) is 1.47. The van der Waals surface area contributed by atoms with Gasteiger partial charge in [-0.15, -0.1) is 0 Å². The lowest BCUT2D eigenvalue weighted by Crippen LogP contribution is -2.34. The number of carbonyl (C=O) groups excluding carboxylic acids is 2. The second-order valence-electron chi connectivity index (χ2n) is 6.16. The van der Waals surface area contributed by atoms with Gasteiger partial charge < -0.3 is 20.3 Å². The van der Waals surface area contributed by atoms with Crippen LogP contribution in [0.15, 0.2) is 42.5 Å². The van der Waals surface area contributed by atoms with Gasteiger partial charge in [-0.2, -0.15) is 0 Å². The van der Waals surface area contributed by atoms with Crippen LogP contribution in [-0.2, 0) is 0 Å². The van der Waals surface area contributed by atoms with E-state index >= 15 is 0 Å². The monoisotopic (exact) mass is 387 g/mol. The Morgan fingerprint density at radius 3 is 2.32 bits per heavy atom. The van der Waals surface area contributed by atoms with Gasteiger partial charge in [0.05, 0.1) is 12.7 Å². The fourth-order valence-corrected chi connectivity index (χ4v) is 2.72. The summed E-state index contributed by atoms with van der Waals surface area (Å²) >= 11 is 0. The highest BCUT2D eigenvalue weighted by molar-refractivity contribution is 6.05. The number of ether oxygens (including phenoxy) is 1. The first kappa shape index (κ1) is 21.4. The van der Waals surface area contributed by atoms with Gasteiger partial charge in [0, 0.05) is 30.4 Å². The van der Waals surface area contributed by atoms with E-state index in [0.717, 1.165) is 19.6 Å². The summed E-state index contributed by atoms with van der Waals surface area (Å²) in [5.74, 6) is -0.661. The first-order valence-electron chi connectivity index (χ1n) is 9.24. The lowest BCUT2D eigenvalue weighted by Gasteiger charge is -2.18. The maximum atomic E-state index is 13.0. The molecule has 0 aromatic heterocycles. The van der Waals surface area contributed by atoms with Gasteiger partial charge in [0.2, 0.25) is 0 Å². The number of hydrogen-bond donors (Lipinski definition) is 2. The van der Waals surface area contributed by atoms with E-state index in [-0.39, 0.29) is 11.8 Å². The van der Waals surface area contributed by atoms with Gasteiger partial charge in [-0.25, -0.2) is 4.39 Å². The second-order valence-corrected chi connectivity index (χ2v) is 6.16. The predicted molar refractivity (Wildman–Crippen MR) is 107 cm³/mol. The molecule has 0 heterocycles. The maximum absolute atomic E-state index is 13.0. The zero-order valence-corrected chi connectivity index (χ0v) is 16.4. The van der Waals surface area contributed by atoms with E-state index in [1.807, 2.05) is 0 Å². The molecule has 2 rings (SSSR count). The number of rotatable bonds is 9. The topological polar surface area (TPSA) is 70.7 Å². The van der Waals surface area contributed by atoms with Crippen LogP contribution < -0.4 is 15.4 Å². The second kappa shape index (κ2) is 10.4. The van der Waals surface area contributed by atoms with Crippen molar-refractivity contribution in [3.05, 3.63) is 59.4 Å². The van der Waals surface area contributed by atoms with Gasteiger partial charge >= 0.3 is 0 Å². The van der Waals surface area contributed by atoms with Gasteiger partial charge in [-0.05, 0) is 49.5 Å². The molecule has 0 saturated heterocycles. The highest BCUT2D eigenvalue weighted by Crippen LogP contribution is 2.23. The number of carbonyl (C=O) groups is 2. The molecule has 28 heavy (non-hydrogen) atoms. The minimum absolute atomic E-state index is 0.236. The molecule has 0 bridgehead atoms. The smallest absolute Gasteiger partial charge is 0.255 e. The van der Waals surface area contributed by atoms with Crippen molar-refractivity contribution in [1.29, 1.82) is 0 Å². The Morgan fingerprint density at radius 1 is 1.04 bits per heavy atom. The molecule has 0 aliphatic heterocycles. The molecule has 6 nitrogen and oxygen atoms in total. The van der Waals surface area contributed by atoms with E-state index in [9.17, 15) is 14.0 Å². The van der Waals surface area contributed by atoms with Crippen LogP contribution in [-0.4, -0.2) is 50.0 Å². The van der Waals surface area contributed by atoms with Gasteiger partial charge in [0.1, 0.15) is 11.6 Å². The third kappa shape index (κ3) is 5.79. The standard InChI is InChI=1S/C21H26FN3O3/c1-4-25(5-2)13-12-23-21(27)18-11-10-17(14-19(18)28-3)24-20(26)15-6-8-16(22)9-7-15/h6-11,14H,4-5,12-13H2,1-3H3,(H,23,27)(H,24,26). The van der Waals surface area contributed by atoms with E-state index in [1.54, 1.807) is 18.2 Å². The Bertz CT molecular complexity index is 805. The molecule has 0 spiro atoms. The van der Waals surface area contributed by atoms with Crippen LogP contribution in [0.3, 0.4) is 0 Å². The maximum Gasteiger partial charge on any atom is 0.255 e. The quantitative estimate of drug-likeness (QED) is 0.693. The zero-order chi connectivity index (χ0) is 20.5. The summed E-state index contributed by atoms with van der Waals surface area (Å²) in [6, 6.07) is 10.1. The van der Waals surface area contributed by atoms with Crippen LogP contribution in [0.1, 0.15) is 34.6 Å². The van der Waals surface area contributed by atoms with Gasteiger partial charge in [-0.1, -0.05) is 13.8 Å². The normalized spacial score (nSPS) is 10.6. The third-order valence-electron chi connectivity index (χ3n) is 4.42. The Morgan fingerprint density at radius 2 is 1.71 bits per heavy atom. The molecule has 2 amide bonds. The van der Waals surface area contributed by atoms with Crippen LogP contribution in [0.2, 0.25) is 0 Å². The molecule has 0 aliphatic carbocycles. The molecule has 0 aliphatic rings. The molecule has 2 aromatic carbocycles. The number of nitrogens with zero attached hydrogens (tertiary/aromatic N) is 1. The van der Waals surface area contributed by atoms with Crippen molar-refractivity contribution in [2.24, 2.45) is 0 Å². The molecule has 150 valence electrons. The average molecular weight is 387 g/mol. The Balaban J connectivity index is 2.03. The largest absolute Gasteiger partial charge is 0.496 e. The predicted octanol–water partition coefficient (Wildman–Crippen LogP) is 3.16. The van der Waals surface area contributed by atoms with Crippen molar-refractivity contribution in [3.63, 3.8) is 0 Å². The van der Waals surface area contributed by atoms with Crippen LogP contribution in [0.5, 0.6) is 5.75 Å². The van der Waals surface area contributed by atoms with E-state index in [4.69, 9.17) is 4.74 Å². The zero-order valence-electron chi connectivity index (χ0n) is 16.4. The molecular formula is C21H26FN3O3. The summed E-state index contributed by atoms with van der Waals surface area (Å²) in [6.07, 6.45) is 0. The summed E-state index contributed by atoms with van der Waals surface area (Å²) in [5, 5.41) is 5.59. The highest BCUT2D eigenvalue weighted by atomic mass is 19.1. The summed E-state index contributed by atoms with van der Waals surface area (Å²) < 4.78 is 18.3. The third-order valence-corrected chi connectivity index (χ3v) is 4.42. The van der Waals surface area contributed by atoms with Crippen molar-refractivity contribution >= 4 is 17.5 Å². The van der Waals surface area contributed by atoms with E-state index in [1.165, 1.54) is 31.4 Å². The molecule has 0 radical (unpaired) electrons. The van der Waals surface area contributed by atoms with Gasteiger partial charge in [-0.3, -0.25) is 9.59 Å². The number of likely N-dealkylation sites (N-methyl/N-ethyl adjacent to an activating group) is 1. The van der Waals surface area contributed by atoms with E-state index < -0.39 is 5.82 Å². The Labute approximate surface area is 164 Å². The van der Waals surface area contributed by atoms with Crippen LogP contribution in [0.25, 0.3) is 0 Å². The Hall–Kier alpha value is -2.93. The van der Waals surface area contributed by atoms with Gasteiger partial charge in [0.25, 0.3) is 11.8 Å². The number of anilines is 1. The lowest BCUT2D eigenvalue weighted by atomic mass is 10.1. The molecule has 2 N–H and O–H groups in total. The number of nitrogens with one attached hydrogen (secondary N) is 2. The summed E-state index contributed by atoms with van der Waals surface area (Å²) in [6.45, 7) is 7.32. The summed E-state index contributed by atoms with van der Waals surface area (Å²) in [5.41, 5.74) is 1.20. The molecule has 2 aromatic rings. The van der Waals surface area contributed by atoms with E-state index in [0.29, 0.717) is 29.1 Å². The molecule has 0 unspecified atom stereocenters. The van der Waals surface area contributed by atoms with Crippen LogP contribution in [0.4, 0.5) is 10.1 Å². The minimum atomic E-state index is -0.408. The molecule has 0 atom stereocenters. The molecule has 0 saturated carbocycles. The number of benzene rings is 2. The number of hydrogen-bond acceptors (Lipinski definition) is 4. The highest BCUT2D eigenvalue weighted by Gasteiger charge is 2.14. The fourth-order valence-electron chi connectivity index (χ4n) is 2.72. The van der Waals surface area contributed by atoms with E-state index in [2.05, 4.69) is 29.4 Å². The number of amides is 2. The van der Waals surface area contributed by atoms with Crippen molar-refractivity contribution in [2.45, 2.75) is 13.8 Å². The number of methoxy groups -OCH3 is 1. The van der Waals surface area contributed by atoms with Gasteiger partial charge in [0.15, 0.2) is 0 Å². The molecular weight excluding hydrogens is 361 g/mol. The average Bonchev–Trinajstić information content (AvgIpc) is 2.71. The molecule has 7 heteroatoms. The van der Waals surface area contributed by atoms with Crippen molar-refractivity contribution < 1.29 is 18.7 Å². The minimum Gasteiger partial charge on any atom is -0.496 e. The van der Waals surface area contributed by atoms with Crippen molar-refractivity contribution in [3.8, 4) is 5.75 Å². The Kier molecular flexibility index (Phi) is 7.95. The summed E-state index contributed by atoms with van der Waals surface area (Å²) in [4.78, 5) is 26.9. The first-order valence-corrected chi connectivity index (χ1v) is 9.24.